The molecule has 1 saturated heterocycles. The predicted molar refractivity (Wildman–Crippen MR) is 102 cm³/mol. The second-order valence-corrected chi connectivity index (χ2v) is 6.96. The number of likely N-dealkylation sites (tertiary alicyclic amines) is 1. The number of hydrogen-bond donors (Lipinski definition) is 1. The molecule has 0 saturated carbocycles. The second-order valence-electron chi connectivity index (χ2n) is 6.96. The van der Waals surface area contributed by atoms with Gasteiger partial charge in [0.1, 0.15) is 0 Å². The van der Waals surface area contributed by atoms with E-state index in [9.17, 15) is 0 Å². The number of ether oxygens (including phenoxy) is 1. The van der Waals surface area contributed by atoms with Gasteiger partial charge in [-0.2, -0.15) is 0 Å². The molecule has 1 unspecified atom stereocenters. The predicted octanol–water partition coefficient (Wildman–Crippen LogP) is 3.36. The Balaban J connectivity index is 0.00000400. The largest absolute Gasteiger partial charge is 0.384 e. The Morgan fingerprint density at radius 2 is 2.10 bits per heavy atom. The van der Waals surface area contributed by atoms with Crippen LogP contribution >= 0.6 is 24.0 Å². The number of nitrogens with zero attached hydrogens (tertiary/aromatic N) is 2. The Labute approximate surface area is 148 Å². The van der Waals surface area contributed by atoms with E-state index in [1.807, 2.05) is 0 Å². The van der Waals surface area contributed by atoms with Crippen LogP contribution in [0, 0.1) is 11.3 Å². The van der Waals surface area contributed by atoms with E-state index in [-0.39, 0.29) is 24.0 Å². The van der Waals surface area contributed by atoms with Crippen molar-refractivity contribution in [3.05, 3.63) is 0 Å². The van der Waals surface area contributed by atoms with E-state index in [1.54, 1.807) is 7.11 Å². The fourth-order valence-electron chi connectivity index (χ4n) is 2.62. The first kappa shape index (κ1) is 21.0. The quantitative estimate of drug-likeness (QED) is 0.315. The second kappa shape index (κ2) is 10.6. The van der Waals surface area contributed by atoms with E-state index >= 15 is 0 Å². The topological polar surface area (TPSA) is 36.9 Å². The number of rotatable bonds is 6. The Hall–Kier alpha value is -0.0400. The molecule has 1 aliphatic heterocycles. The van der Waals surface area contributed by atoms with Gasteiger partial charge in [0.05, 0.1) is 6.61 Å². The highest BCUT2D eigenvalue weighted by atomic mass is 127. The molecule has 1 heterocycles. The first-order valence-electron chi connectivity index (χ1n) is 7.98. The van der Waals surface area contributed by atoms with Gasteiger partial charge in [0.25, 0.3) is 0 Å². The molecule has 0 bridgehead atoms. The van der Waals surface area contributed by atoms with E-state index in [2.05, 4.69) is 37.9 Å². The van der Waals surface area contributed by atoms with Crippen LogP contribution in [0.5, 0.6) is 0 Å². The molecule has 0 aromatic heterocycles. The molecule has 0 spiro atoms. The van der Waals surface area contributed by atoms with Gasteiger partial charge in [-0.3, -0.25) is 4.99 Å². The Morgan fingerprint density at radius 1 is 1.38 bits per heavy atom. The number of guanidine groups is 1. The molecule has 0 aliphatic carbocycles. The van der Waals surface area contributed by atoms with Crippen LogP contribution in [0.1, 0.15) is 47.0 Å². The first-order valence-corrected chi connectivity index (χ1v) is 7.98. The third-order valence-corrected chi connectivity index (χ3v) is 3.67. The zero-order chi connectivity index (χ0) is 15.0. The summed E-state index contributed by atoms with van der Waals surface area (Å²) >= 11 is 0. The van der Waals surface area contributed by atoms with Gasteiger partial charge in [-0.25, -0.2) is 0 Å². The van der Waals surface area contributed by atoms with E-state index in [1.165, 1.54) is 12.8 Å². The maximum absolute atomic E-state index is 5.26. The number of methoxy groups -OCH3 is 1. The van der Waals surface area contributed by atoms with Gasteiger partial charge in [-0.05, 0) is 31.6 Å². The molecule has 0 amide bonds. The van der Waals surface area contributed by atoms with Crippen LogP contribution < -0.4 is 5.32 Å². The molecule has 126 valence electrons. The molecule has 0 aromatic rings. The Morgan fingerprint density at radius 3 is 2.67 bits per heavy atom. The molecule has 1 aliphatic rings. The number of nitrogens with one attached hydrogen (secondary N) is 1. The molecule has 1 rings (SSSR count). The smallest absolute Gasteiger partial charge is 0.193 e. The summed E-state index contributed by atoms with van der Waals surface area (Å²) in [6.45, 7) is 13.9. The summed E-state index contributed by atoms with van der Waals surface area (Å²) in [5, 5.41) is 3.42. The number of hydrogen-bond acceptors (Lipinski definition) is 2. The van der Waals surface area contributed by atoms with Crippen LogP contribution in [0.4, 0.5) is 0 Å². The van der Waals surface area contributed by atoms with Crippen molar-refractivity contribution < 1.29 is 4.74 Å². The third kappa shape index (κ3) is 8.86. The normalized spacial score (nSPS) is 19.6. The SMILES string of the molecule is CCNC(=NCCCC(C)(C)C)N1CCC(COC)C1.I. The minimum Gasteiger partial charge on any atom is -0.384 e. The van der Waals surface area contributed by atoms with Crippen molar-refractivity contribution in [1.82, 2.24) is 10.2 Å². The van der Waals surface area contributed by atoms with Gasteiger partial charge in [0, 0.05) is 39.2 Å². The zero-order valence-corrected chi connectivity index (χ0v) is 16.8. The van der Waals surface area contributed by atoms with Gasteiger partial charge in [0.2, 0.25) is 0 Å². The third-order valence-electron chi connectivity index (χ3n) is 3.67. The fraction of sp³-hybridized carbons (Fsp3) is 0.938. The standard InChI is InChI=1S/C16H33N3O.HI/c1-6-17-15(18-10-7-9-16(2,3)4)19-11-8-14(12-19)13-20-5;/h14H,6-13H2,1-5H3,(H,17,18);1H. The molecular weight excluding hydrogens is 377 g/mol. The minimum atomic E-state index is 0. The highest BCUT2D eigenvalue weighted by Gasteiger charge is 2.24. The van der Waals surface area contributed by atoms with E-state index in [0.717, 1.165) is 45.2 Å². The van der Waals surface area contributed by atoms with Crippen LogP contribution in [0.2, 0.25) is 0 Å². The van der Waals surface area contributed by atoms with E-state index < -0.39 is 0 Å². The lowest BCUT2D eigenvalue weighted by Crippen LogP contribution is -2.40. The maximum atomic E-state index is 5.26. The van der Waals surface area contributed by atoms with Gasteiger partial charge >= 0.3 is 0 Å². The number of halogens is 1. The summed E-state index contributed by atoms with van der Waals surface area (Å²) in [5.74, 6) is 1.73. The van der Waals surface area contributed by atoms with Gasteiger partial charge in [-0.15, -0.1) is 24.0 Å². The molecule has 1 N–H and O–H groups in total. The zero-order valence-electron chi connectivity index (χ0n) is 14.4. The van der Waals surface area contributed by atoms with Crippen LogP contribution in [0.3, 0.4) is 0 Å². The van der Waals surface area contributed by atoms with Crippen molar-refractivity contribution in [2.45, 2.75) is 47.0 Å². The summed E-state index contributed by atoms with van der Waals surface area (Å²) in [4.78, 5) is 7.16. The van der Waals surface area contributed by atoms with Crippen molar-refractivity contribution in [1.29, 1.82) is 0 Å². The highest BCUT2D eigenvalue weighted by Crippen LogP contribution is 2.20. The molecule has 21 heavy (non-hydrogen) atoms. The molecule has 4 nitrogen and oxygen atoms in total. The number of aliphatic imine (C=N–C) groups is 1. The maximum Gasteiger partial charge on any atom is 0.193 e. The van der Waals surface area contributed by atoms with Crippen molar-refractivity contribution in [3.63, 3.8) is 0 Å². The van der Waals surface area contributed by atoms with E-state index in [0.29, 0.717) is 11.3 Å². The van der Waals surface area contributed by atoms with Crippen LogP contribution in [0.25, 0.3) is 0 Å². The van der Waals surface area contributed by atoms with Crippen molar-refractivity contribution in [2.75, 3.05) is 39.9 Å². The Kier molecular flexibility index (Phi) is 10.6. The average Bonchev–Trinajstić information content (AvgIpc) is 2.81. The molecule has 0 aromatic carbocycles. The summed E-state index contributed by atoms with van der Waals surface area (Å²) in [5.41, 5.74) is 0.408. The average molecular weight is 411 g/mol. The summed E-state index contributed by atoms with van der Waals surface area (Å²) in [7, 11) is 1.79. The molecule has 0 radical (unpaired) electrons. The summed E-state index contributed by atoms with van der Waals surface area (Å²) < 4.78 is 5.26. The minimum absolute atomic E-state index is 0. The monoisotopic (exact) mass is 411 g/mol. The molecule has 1 fully saturated rings. The van der Waals surface area contributed by atoms with Gasteiger partial charge in [-0.1, -0.05) is 20.8 Å². The van der Waals surface area contributed by atoms with Crippen molar-refractivity contribution in [2.24, 2.45) is 16.3 Å². The van der Waals surface area contributed by atoms with Crippen LogP contribution in [-0.2, 0) is 4.74 Å². The molecule has 1 atom stereocenters. The van der Waals surface area contributed by atoms with Crippen molar-refractivity contribution in [3.8, 4) is 0 Å². The lowest BCUT2D eigenvalue weighted by molar-refractivity contribution is 0.157. The Bertz CT molecular complexity index is 302. The fourth-order valence-corrected chi connectivity index (χ4v) is 2.62. The van der Waals surface area contributed by atoms with Crippen LogP contribution in [0.15, 0.2) is 4.99 Å². The van der Waals surface area contributed by atoms with E-state index in [4.69, 9.17) is 9.73 Å². The van der Waals surface area contributed by atoms with Crippen molar-refractivity contribution >= 4 is 29.9 Å². The highest BCUT2D eigenvalue weighted by molar-refractivity contribution is 14.0. The summed E-state index contributed by atoms with van der Waals surface area (Å²) in [6.07, 6.45) is 3.59. The lowest BCUT2D eigenvalue weighted by atomic mass is 9.91. The van der Waals surface area contributed by atoms with Crippen LogP contribution in [-0.4, -0.2) is 50.8 Å². The van der Waals surface area contributed by atoms with Gasteiger partial charge in [0.15, 0.2) is 5.96 Å². The summed E-state index contributed by atoms with van der Waals surface area (Å²) in [6, 6.07) is 0. The lowest BCUT2D eigenvalue weighted by Gasteiger charge is -2.22. The van der Waals surface area contributed by atoms with Gasteiger partial charge < -0.3 is 15.0 Å². The first-order chi connectivity index (χ1) is 9.46. The molecule has 5 heteroatoms. The molecular formula is C16H34IN3O.